The number of sulfonamides is 1. The first kappa shape index (κ1) is 25.2. The molecule has 186 valence electrons. The lowest BCUT2D eigenvalue weighted by Crippen LogP contribution is -2.44. The zero-order valence-electron chi connectivity index (χ0n) is 19.7. The summed E-state index contributed by atoms with van der Waals surface area (Å²) in [6, 6.07) is 18.3. The maximum Gasteiger partial charge on any atom is 0.261 e. The Morgan fingerprint density at radius 2 is 1.67 bits per heavy atom. The first-order chi connectivity index (χ1) is 17.2. The van der Waals surface area contributed by atoms with Crippen LogP contribution in [0.3, 0.4) is 0 Å². The fourth-order valence-corrected chi connectivity index (χ4v) is 4.95. The van der Waals surface area contributed by atoms with Crippen molar-refractivity contribution in [2.75, 3.05) is 42.8 Å². The SMILES string of the molecule is CN1CCN(c2ccc(C(=O)NCc3ccc(F)cc3)cc2NS(=O)(=O)c2ccc(C#N)cc2)CC1. The maximum absolute atomic E-state index is 13.2. The summed E-state index contributed by atoms with van der Waals surface area (Å²) < 4.78 is 42.1. The van der Waals surface area contributed by atoms with Gasteiger partial charge in [0.25, 0.3) is 15.9 Å². The van der Waals surface area contributed by atoms with E-state index in [1.165, 1.54) is 42.5 Å². The van der Waals surface area contributed by atoms with Gasteiger partial charge < -0.3 is 15.1 Å². The molecule has 1 amide bonds. The molecule has 0 aromatic heterocycles. The molecule has 2 N–H and O–H groups in total. The number of nitrogens with zero attached hydrogens (tertiary/aromatic N) is 3. The molecule has 0 radical (unpaired) electrons. The van der Waals surface area contributed by atoms with Crippen molar-refractivity contribution >= 4 is 27.3 Å². The summed E-state index contributed by atoms with van der Waals surface area (Å²) in [5.41, 5.74) is 2.34. The van der Waals surface area contributed by atoms with Crippen LogP contribution in [0.4, 0.5) is 15.8 Å². The van der Waals surface area contributed by atoms with Gasteiger partial charge in [-0.3, -0.25) is 9.52 Å². The molecule has 1 fully saturated rings. The van der Waals surface area contributed by atoms with E-state index in [1.807, 2.05) is 13.1 Å². The Hall–Kier alpha value is -3.94. The number of anilines is 2. The van der Waals surface area contributed by atoms with Gasteiger partial charge in [0.2, 0.25) is 0 Å². The van der Waals surface area contributed by atoms with Crippen molar-refractivity contribution in [3.05, 3.63) is 89.2 Å². The Balaban J connectivity index is 1.61. The Bertz CT molecular complexity index is 1380. The molecule has 3 aromatic rings. The minimum absolute atomic E-state index is 0.0111. The molecule has 0 atom stereocenters. The van der Waals surface area contributed by atoms with Gasteiger partial charge in [0.15, 0.2) is 0 Å². The minimum atomic E-state index is -3.98. The van der Waals surface area contributed by atoms with E-state index in [0.29, 0.717) is 30.0 Å². The second-order valence-corrected chi connectivity index (χ2v) is 10.3. The predicted molar refractivity (Wildman–Crippen MR) is 136 cm³/mol. The highest BCUT2D eigenvalue weighted by molar-refractivity contribution is 7.92. The molecule has 1 aliphatic heterocycles. The molecule has 0 aliphatic carbocycles. The van der Waals surface area contributed by atoms with E-state index in [9.17, 15) is 17.6 Å². The van der Waals surface area contributed by atoms with Crippen molar-refractivity contribution in [2.45, 2.75) is 11.4 Å². The lowest BCUT2D eigenvalue weighted by Gasteiger charge is -2.35. The summed E-state index contributed by atoms with van der Waals surface area (Å²) in [6.07, 6.45) is 0. The molecular weight excluding hydrogens is 481 g/mol. The van der Waals surface area contributed by atoms with Gasteiger partial charge in [-0.25, -0.2) is 12.8 Å². The number of carbonyl (C=O) groups excluding carboxylic acids is 1. The van der Waals surface area contributed by atoms with E-state index >= 15 is 0 Å². The van der Waals surface area contributed by atoms with Crippen molar-refractivity contribution < 1.29 is 17.6 Å². The van der Waals surface area contributed by atoms with Gasteiger partial charge in [-0.1, -0.05) is 12.1 Å². The van der Waals surface area contributed by atoms with Crippen LogP contribution in [-0.4, -0.2) is 52.5 Å². The van der Waals surface area contributed by atoms with Crippen LogP contribution in [-0.2, 0) is 16.6 Å². The minimum Gasteiger partial charge on any atom is -0.367 e. The largest absolute Gasteiger partial charge is 0.367 e. The second-order valence-electron chi connectivity index (χ2n) is 8.57. The average molecular weight is 508 g/mol. The highest BCUT2D eigenvalue weighted by Gasteiger charge is 2.22. The number of rotatable bonds is 7. The third kappa shape index (κ3) is 6.00. The Morgan fingerprint density at radius 3 is 2.31 bits per heavy atom. The van der Waals surface area contributed by atoms with Crippen LogP contribution in [0.25, 0.3) is 0 Å². The van der Waals surface area contributed by atoms with Crippen molar-refractivity contribution in [1.29, 1.82) is 5.26 Å². The molecule has 3 aromatic carbocycles. The first-order valence-corrected chi connectivity index (χ1v) is 12.9. The highest BCUT2D eigenvalue weighted by atomic mass is 32.2. The summed E-state index contributed by atoms with van der Waals surface area (Å²) in [6.45, 7) is 3.26. The monoisotopic (exact) mass is 507 g/mol. The number of amides is 1. The first-order valence-electron chi connectivity index (χ1n) is 11.4. The fraction of sp³-hybridized carbons (Fsp3) is 0.231. The molecule has 0 bridgehead atoms. The average Bonchev–Trinajstić information content (AvgIpc) is 2.88. The summed E-state index contributed by atoms with van der Waals surface area (Å²) in [5.74, 6) is -0.744. The van der Waals surface area contributed by atoms with Gasteiger partial charge in [0.05, 0.1) is 27.9 Å². The zero-order chi connectivity index (χ0) is 25.7. The van der Waals surface area contributed by atoms with Crippen LogP contribution in [0, 0.1) is 17.1 Å². The van der Waals surface area contributed by atoms with Crippen molar-refractivity contribution in [3.8, 4) is 6.07 Å². The van der Waals surface area contributed by atoms with Gasteiger partial charge in [-0.05, 0) is 67.2 Å². The van der Waals surface area contributed by atoms with E-state index in [0.717, 1.165) is 18.7 Å². The molecule has 0 saturated carbocycles. The number of carbonyl (C=O) groups is 1. The predicted octanol–water partition coefficient (Wildman–Crippen LogP) is 3.18. The van der Waals surface area contributed by atoms with Gasteiger partial charge in [0, 0.05) is 38.3 Å². The van der Waals surface area contributed by atoms with Crippen molar-refractivity contribution in [1.82, 2.24) is 10.2 Å². The molecule has 1 aliphatic rings. The fourth-order valence-electron chi connectivity index (χ4n) is 3.88. The highest BCUT2D eigenvalue weighted by Crippen LogP contribution is 2.30. The molecule has 0 spiro atoms. The summed E-state index contributed by atoms with van der Waals surface area (Å²) in [5, 5.41) is 11.8. The number of piperazine rings is 1. The Labute approximate surface area is 210 Å². The number of halogens is 1. The molecule has 10 heteroatoms. The number of hydrogen-bond donors (Lipinski definition) is 2. The number of benzene rings is 3. The Morgan fingerprint density at radius 1 is 1.00 bits per heavy atom. The third-order valence-electron chi connectivity index (χ3n) is 6.01. The zero-order valence-corrected chi connectivity index (χ0v) is 20.6. The van der Waals surface area contributed by atoms with E-state index < -0.39 is 10.0 Å². The number of likely N-dealkylation sites (N-methyl/N-ethyl adjacent to an activating group) is 1. The topological polar surface area (TPSA) is 106 Å². The summed E-state index contributed by atoms with van der Waals surface area (Å²) >= 11 is 0. The van der Waals surface area contributed by atoms with E-state index in [4.69, 9.17) is 5.26 Å². The quantitative estimate of drug-likeness (QED) is 0.509. The molecular formula is C26H26FN5O3S. The van der Waals surface area contributed by atoms with E-state index in [1.54, 1.807) is 24.3 Å². The van der Waals surface area contributed by atoms with Crippen molar-refractivity contribution in [3.63, 3.8) is 0 Å². The molecule has 8 nitrogen and oxygen atoms in total. The van der Waals surface area contributed by atoms with Crippen LogP contribution in [0.15, 0.2) is 71.6 Å². The maximum atomic E-state index is 13.2. The lowest BCUT2D eigenvalue weighted by atomic mass is 10.1. The van der Waals surface area contributed by atoms with Crippen LogP contribution in [0.2, 0.25) is 0 Å². The molecule has 1 saturated heterocycles. The normalized spacial score (nSPS) is 14.2. The third-order valence-corrected chi connectivity index (χ3v) is 7.39. The molecule has 4 rings (SSSR count). The number of hydrogen-bond acceptors (Lipinski definition) is 6. The number of nitrogens with one attached hydrogen (secondary N) is 2. The molecule has 1 heterocycles. The number of nitriles is 1. The van der Waals surface area contributed by atoms with Gasteiger partial charge in [-0.2, -0.15) is 5.26 Å². The van der Waals surface area contributed by atoms with Gasteiger partial charge in [0.1, 0.15) is 5.82 Å². The van der Waals surface area contributed by atoms with Crippen LogP contribution in [0.1, 0.15) is 21.5 Å². The summed E-state index contributed by atoms with van der Waals surface area (Å²) in [4.78, 5) is 17.1. The van der Waals surface area contributed by atoms with Crippen LogP contribution < -0.4 is 14.9 Å². The van der Waals surface area contributed by atoms with Gasteiger partial charge in [-0.15, -0.1) is 0 Å². The molecule has 0 unspecified atom stereocenters. The van der Waals surface area contributed by atoms with Crippen molar-refractivity contribution in [2.24, 2.45) is 0 Å². The smallest absolute Gasteiger partial charge is 0.261 e. The standard InChI is InChI=1S/C26H26FN5O3S/c1-31-12-14-32(15-13-31)25-11-6-21(26(33)29-18-20-2-7-22(27)8-3-20)16-24(25)30-36(34,35)23-9-4-19(17-28)5-10-23/h2-11,16,30H,12-15,18H2,1H3,(H,29,33). The summed E-state index contributed by atoms with van der Waals surface area (Å²) in [7, 11) is -1.95. The Kier molecular flexibility index (Phi) is 7.52. The molecule has 36 heavy (non-hydrogen) atoms. The second kappa shape index (κ2) is 10.8. The van der Waals surface area contributed by atoms with E-state index in [-0.39, 0.29) is 28.7 Å². The van der Waals surface area contributed by atoms with E-state index in [2.05, 4.69) is 19.8 Å². The van der Waals surface area contributed by atoms with Gasteiger partial charge >= 0.3 is 0 Å². The lowest BCUT2D eigenvalue weighted by molar-refractivity contribution is 0.0951. The van der Waals surface area contributed by atoms with Crippen LogP contribution >= 0.6 is 0 Å². The van der Waals surface area contributed by atoms with Crippen LogP contribution in [0.5, 0.6) is 0 Å².